The van der Waals surface area contributed by atoms with Gasteiger partial charge in [-0.05, 0) is 6.42 Å². The normalized spacial score (nSPS) is 27.6. The Hall–Kier alpha value is -1.15. The molecule has 8 heteroatoms. The summed E-state index contributed by atoms with van der Waals surface area (Å²) in [4.78, 5) is 21.7. The monoisotopic (exact) mass is 251 g/mol. The molecule has 0 aromatic carbocycles. The summed E-state index contributed by atoms with van der Waals surface area (Å²) in [6, 6.07) is 0. The predicted octanol–water partition coefficient (Wildman–Crippen LogP) is -0.947. The van der Waals surface area contributed by atoms with Gasteiger partial charge in [-0.2, -0.15) is 0 Å². The van der Waals surface area contributed by atoms with E-state index in [1.165, 1.54) is 0 Å². The van der Waals surface area contributed by atoms with Crippen LogP contribution in [0.2, 0.25) is 0 Å². The Kier molecular flexibility index (Phi) is 3.54. The SMILES string of the molecule is CS(=O)(=O)N1CCC(C(=O)O)C(C(=O)O)C1. The van der Waals surface area contributed by atoms with Gasteiger partial charge in [0.25, 0.3) is 0 Å². The summed E-state index contributed by atoms with van der Waals surface area (Å²) in [5.74, 6) is -4.67. The molecule has 92 valence electrons. The highest BCUT2D eigenvalue weighted by molar-refractivity contribution is 7.88. The van der Waals surface area contributed by atoms with Gasteiger partial charge in [-0.3, -0.25) is 9.59 Å². The molecule has 0 aromatic heterocycles. The van der Waals surface area contributed by atoms with Gasteiger partial charge in [0.15, 0.2) is 0 Å². The number of sulfonamides is 1. The first-order chi connectivity index (χ1) is 7.23. The predicted molar refractivity (Wildman–Crippen MR) is 53.3 cm³/mol. The van der Waals surface area contributed by atoms with Gasteiger partial charge < -0.3 is 10.2 Å². The number of hydrogen-bond donors (Lipinski definition) is 2. The van der Waals surface area contributed by atoms with Gasteiger partial charge in [-0.15, -0.1) is 0 Å². The third kappa shape index (κ3) is 2.70. The van der Waals surface area contributed by atoms with Crippen molar-refractivity contribution in [2.45, 2.75) is 6.42 Å². The Morgan fingerprint density at radius 2 is 1.69 bits per heavy atom. The molecule has 0 saturated carbocycles. The molecular weight excluding hydrogens is 238 g/mol. The van der Waals surface area contributed by atoms with Crippen LogP contribution >= 0.6 is 0 Å². The van der Waals surface area contributed by atoms with Crippen LogP contribution in [0.25, 0.3) is 0 Å². The molecule has 1 aliphatic heterocycles. The molecule has 1 saturated heterocycles. The van der Waals surface area contributed by atoms with E-state index >= 15 is 0 Å². The molecule has 1 aliphatic rings. The van der Waals surface area contributed by atoms with E-state index in [0.29, 0.717) is 0 Å². The molecule has 7 nitrogen and oxygen atoms in total. The zero-order valence-electron chi connectivity index (χ0n) is 8.66. The van der Waals surface area contributed by atoms with Crippen LogP contribution < -0.4 is 0 Å². The smallest absolute Gasteiger partial charge is 0.308 e. The number of carbonyl (C=O) groups is 2. The fraction of sp³-hybridized carbons (Fsp3) is 0.750. The topological polar surface area (TPSA) is 112 Å². The highest BCUT2D eigenvalue weighted by Crippen LogP contribution is 2.25. The Morgan fingerprint density at radius 1 is 1.19 bits per heavy atom. The lowest BCUT2D eigenvalue weighted by atomic mass is 9.86. The van der Waals surface area contributed by atoms with Crippen molar-refractivity contribution in [1.82, 2.24) is 4.31 Å². The summed E-state index contributed by atoms with van der Waals surface area (Å²) < 4.78 is 23.4. The van der Waals surface area contributed by atoms with E-state index in [1.807, 2.05) is 0 Å². The second-order valence-electron chi connectivity index (χ2n) is 3.80. The summed E-state index contributed by atoms with van der Waals surface area (Å²) in [6.45, 7) is -0.218. The lowest BCUT2D eigenvalue weighted by Gasteiger charge is -2.32. The third-order valence-corrected chi connectivity index (χ3v) is 3.95. The van der Waals surface area contributed by atoms with Gasteiger partial charge in [0.2, 0.25) is 10.0 Å². The average Bonchev–Trinajstić information content (AvgIpc) is 2.15. The fourth-order valence-electron chi connectivity index (χ4n) is 1.77. The first kappa shape index (κ1) is 12.9. The second kappa shape index (κ2) is 4.38. The highest BCUT2D eigenvalue weighted by Gasteiger charge is 2.40. The van der Waals surface area contributed by atoms with Crippen LogP contribution in [-0.2, 0) is 19.6 Å². The number of nitrogens with zero attached hydrogens (tertiary/aromatic N) is 1. The van der Waals surface area contributed by atoms with Crippen molar-refractivity contribution in [3.8, 4) is 0 Å². The van der Waals surface area contributed by atoms with E-state index in [1.54, 1.807) is 0 Å². The van der Waals surface area contributed by atoms with Gasteiger partial charge in [-0.25, -0.2) is 12.7 Å². The summed E-state index contributed by atoms with van der Waals surface area (Å²) in [5.41, 5.74) is 0. The average molecular weight is 251 g/mol. The van der Waals surface area contributed by atoms with Crippen molar-refractivity contribution in [1.29, 1.82) is 0 Å². The van der Waals surface area contributed by atoms with Crippen molar-refractivity contribution in [2.24, 2.45) is 11.8 Å². The summed E-state index contributed by atoms with van der Waals surface area (Å²) in [6.07, 6.45) is 1.01. The minimum Gasteiger partial charge on any atom is -0.481 e. The van der Waals surface area contributed by atoms with Crippen LogP contribution in [0.5, 0.6) is 0 Å². The van der Waals surface area contributed by atoms with Crippen molar-refractivity contribution < 1.29 is 28.2 Å². The zero-order chi connectivity index (χ0) is 12.5. The molecule has 1 rings (SSSR count). The third-order valence-electron chi connectivity index (χ3n) is 2.68. The number of aliphatic carboxylic acids is 2. The molecule has 2 unspecified atom stereocenters. The van der Waals surface area contributed by atoms with E-state index in [-0.39, 0.29) is 19.5 Å². The quantitative estimate of drug-likeness (QED) is 0.669. The highest BCUT2D eigenvalue weighted by atomic mass is 32.2. The second-order valence-corrected chi connectivity index (χ2v) is 5.78. The van der Waals surface area contributed by atoms with Crippen LogP contribution in [0, 0.1) is 11.8 Å². The van der Waals surface area contributed by atoms with Crippen molar-refractivity contribution in [2.75, 3.05) is 19.3 Å². The largest absolute Gasteiger partial charge is 0.481 e. The molecule has 0 radical (unpaired) electrons. The maximum Gasteiger partial charge on any atom is 0.308 e. The lowest BCUT2D eigenvalue weighted by molar-refractivity contribution is -0.156. The number of rotatable bonds is 3. The van der Waals surface area contributed by atoms with Gasteiger partial charge in [0, 0.05) is 13.1 Å². The van der Waals surface area contributed by atoms with E-state index in [0.717, 1.165) is 10.6 Å². The minimum atomic E-state index is -3.46. The van der Waals surface area contributed by atoms with Crippen molar-refractivity contribution in [3.05, 3.63) is 0 Å². The van der Waals surface area contributed by atoms with Crippen LogP contribution in [0.3, 0.4) is 0 Å². The van der Waals surface area contributed by atoms with E-state index in [2.05, 4.69) is 0 Å². The van der Waals surface area contributed by atoms with Gasteiger partial charge >= 0.3 is 11.9 Å². The maximum absolute atomic E-state index is 11.2. The molecule has 0 aromatic rings. The standard InChI is InChI=1S/C8H13NO6S/c1-16(14,15)9-3-2-5(7(10)11)6(4-9)8(12)13/h5-6H,2-4H2,1H3,(H,10,11)(H,12,13). The molecule has 0 amide bonds. The first-order valence-corrected chi connectivity index (χ1v) is 6.49. The molecule has 1 heterocycles. The van der Waals surface area contributed by atoms with E-state index < -0.39 is 33.8 Å². The maximum atomic E-state index is 11.2. The van der Waals surface area contributed by atoms with E-state index in [4.69, 9.17) is 10.2 Å². The summed E-state index contributed by atoms with van der Waals surface area (Å²) in [5, 5.41) is 17.7. The van der Waals surface area contributed by atoms with Crippen LogP contribution in [0.15, 0.2) is 0 Å². The minimum absolute atomic E-state index is 0.0272. The van der Waals surface area contributed by atoms with Crippen LogP contribution in [0.4, 0.5) is 0 Å². The fourth-order valence-corrected chi connectivity index (χ4v) is 2.64. The zero-order valence-corrected chi connectivity index (χ0v) is 9.48. The first-order valence-electron chi connectivity index (χ1n) is 4.64. The molecule has 16 heavy (non-hydrogen) atoms. The number of carboxylic acid groups (broad SMARTS) is 2. The lowest BCUT2D eigenvalue weighted by Crippen LogP contribution is -2.48. The Bertz CT molecular complexity index is 403. The molecule has 1 fully saturated rings. The summed E-state index contributed by atoms with van der Waals surface area (Å²) in [7, 11) is -3.46. The Labute approximate surface area is 92.7 Å². The number of piperidine rings is 1. The molecule has 0 spiro atoms. The van der Waals surface area contributed by atoms with Gasteiger partial charge in [0.1, 0.15) is 0 Å². The molecule has 2 N–H and O–H groups in total. The molecular formula is C8H13NO6S. The van der Waals surface area contributed by atoms with Gasteiger partial charge in [0.05, 0.1) is 18.1 Å². The summed E-state index contributed by atoms with van der Waals surface area (Å²) >= 11 is 0. The van der Waals surface area contributed by atoms with Crippen LogP contribution in [-0.4, -0.2) is 54.2 Å². The molecule has 0 bridgehead atoms. The van der Waals surface area contributed by atoms with E-state index in [9.17, 15) is 18.0 Å². The van der Waals surface area contributed by atoms with Crippen LogP contribution in [0.1, 0.15) is 6.42 Å². The Balaban J connectivity index is 2.89. The van der Waals surface area contributed by atoms with Crippen molar-refractivity contribution in [3.63, 3.8) is 0 Å². The number of carboxylic acids is 2. The number of hydrogen-bond acceptors (Lipinski definition) is 4. The molecule has 2 atom stereocenters. The van der Waals surface area contributed by atoms with Crippen molar-refractivity contribution >= 4 is 22.0 Å². The molecule has 0 aliphatic carbocycles. The van der Waals surface area contributed by atoms with Gasteiger partial charge in [-0.1, -0.05) is 0 Å². The Morgan fingerprint density at radius 3 is 2.06 bits per heavy atom.